The van der Waals surface area contributed by atoms with Crippen LogP contribution in [0.25, 0.3) is 0 Å². The molecule has 9 heteroatoms. The lowest BCUT2D eigenvalue weighted by Gasteiger charge is -2.35. The maximum atomic E-state index is 12.9. The van der Waals surface area contributed by atoms with Crippen molar-refractivity contribution >= 4 is 35.1 Å². The van der Waals surface area contributed by atoms with Gasteiger partial charge in [-0.15, -0.1) is 0 Å². The molecule has 2 aromatic rings. The van der Waals surface area contributed by atoms with Gasteiger partial charge in [0.2, 0.25) is 5.95 Å². The number of carbonyl (C=O) groups excluding carboxylic acids is 1. The molecule has 0 radical (unpaired) electrons. The van der Waals surface area contributed by atoms with Crippen LogP contribution >= 0.6 is 23.2 Å². The predicted octanol–water partition coefficient (Wildman–Crippen LogP) is 3.44. The van der Waals surface area contributed by atoms with Crippen molar-refractivity contribution in [3.63, 3.8) is 0 Å². The van der Waals surface area contributed by atoms with E-state index in [2.05, 4.69) is 15.3 Å². The summed E-state index contributed by atoms with van der Waals surface area (Å²) in [4.78, 5) is 22.2. The lowest BCUT2D eigenvalue weighted by molar-refractivity contribution is 0.0705. The highest BCUT2D eigenvalue weighted by Gasteiger charge is 2.30. The van der Waals surface area contributed by atoms with Crippen molar-refractivity contribution in [2.24, 2.45) is 5.73 Å². The Morgan fingerprint density at radius 3 is 2.73 bits per heavy atom. The molecule has 1 aromatic carbocycles. The zero-order valence-corrected chi connectivity index (χ0v) is 15.4. The predicted molar refractivity (Wildman–Crippen MR) is 98.4 cm³/mol. The second-order valence-corrected chi connectivity index (χ2v) is 6.59. The minimum absolute atomic E-state index is 0.220. The minimum atomic E-state index is -0.523. The molecule has 1 aliphatic heterocycles. The van der Waals surface area contributed by atoms with Crippen LogP contribution in [0.4, 0.5) is 10.3 Å². The lowest BCUT2D eigenvalue weighted by atomic mass is 10.0. The van der Waals surface area contributed by atoms with E-state index in [4.69, 9.17) is 28.9 Å². The standard InChI is InChI=1S/C17H16Cl2FN5O/c1-9-15(21)13(24-17-22-7-10(20)8-23-17)5-6-25(9)16(26)11-3-2-4-12(18)14(11)19/h2-4,7-9H,5-6,21H2,1H3,(H,22,23,24). The van der Waals surface area contributed by atoms with Gasteiger partial charge in [-0.3, -0.25) is 4.79 Å². The first-order valence-corrected chi connectivity index (χ1v) is 8.62. The summed E-state index contributed by atoms with van der Waals surface area (Å²) >= 11 is 12.2. The van der Waals surface area contributed by atoms with E-state index in [0.717, 1.165) is 12.4 Å². The van der Waals surface area contributed by atoms with E-state index in [1.165, 1.54) is 0 Å². The van der Waals surface area contributed by atoms with E-state index in [0.29, 0.717) is 34.9 Å². The third-order valence-electron chi connectivity index (χ3n) is 4.19. The number of aromatic nitrogens is 2. The molecule has 1 aromatic heterocycles. The van der Waals surface area contributed by atoms with E-state index < -0.39 is 5.82 Å². The fourth-order valence-electron chi connectivity index (χ4n) is 2.74. The van der Waals surface area contributed by atoms with Crippen LogP contribution in [0.5, 0.6) is 0 Å². The van der Waals surface area contributed by atoms with E-state index in [1.54, 1.807) is 23.1 Å². The van der Waals surface area contributed by atoms with Gasteiger partial charge in [0.05, 0.1) is 39.7 Å². The molecule has 26 heavy (non-hydrogen) atoms. The van der Waals surface area contributed by atoms with Gasteiger partial charge in [0.1, 0.15) is 0 Å². The molecule has 0 fully saturated rings. The molecule has 1 atom stereocenters. The Bertz CT molecular complexity index is 872. The number of anilines is 1. The molecule has 1 unspecified atom stereocenters. The van der Waals surface area contributed by atoms with E-state index >= 15 is 0 Å². The summed E-state index contributed by atoms with van der Waals surface area (Å²) in [6, 6.07) is 4.56. The molecule has 136 valence electrons. The Hall–Kier alpha value is -2.38. The molecule has 0 saturated carbocycles. The number of hydrogen-bond acceptors (Lipinski definition) is 5. The number of benzene rings is 1. The normalized spacial score (nSPS) is 17.4. The number of hydrogen-bond donors (Lipinski definition) is 2. The second-order valence-electron chi connectivity index (χ2n) is 5.81. The van der Waals surface area contributed by atoms with Crippen LogP contribution in [0.3, 0.4) is 0 Å². The van der Waals surface area contributed by atoms with Crippen molar-refractivity contribution in [3.8, 4) is 0 Å². The van der Waals surface area contributed by atoms with Gasteiger partial charge in [0, 0.05) is 18.7 Å². The van der Waals surface area contributed by atoms with Gasteiger partial charge in [-0.1, -0.05) is 29.3 Å². The number of nitrogens with zero attached hydrogens (tertiary/aromatic N) is 3. The van der Waals surface area contributed by atoms with Crippen molar-refractivity contribution < 1.29 is 9.18 Å². The molecule has 3 N–H and O–H groups in total. The molecule has 1 amide bonds. The Balaban J connectivity index is 1.81. The van der Waals surface area contributed by atoms with Gasteiger partial charge in [0.25, 0.3) is 5.91 Å². The topological polar surface area (TPSA) is 84.1 Å². The second kappa shape index (κ2) is 7.47. The fourth-order valence-corrected chi connectivity index (χ4v) is 3.12. The molecule has 6 nitrogen and oxygen atoms in total. The summed E-state index contributed by atoms with van der Waals surface area (Å²) in [6.07, 6.45) is 2.60. The summed E-state index contributed by atoms with van der Waals surface area (Å²) < 4.78 is 12.9. The molecule has 0 spiro atoms. The maximum absolute atomic E-state index is 12.9. The largest absolute Gasteiger partial charge is 0.399 e. The highest BCUT2D eigenvalue weighted by Crippen LogP contribution is 2.29. The summed E-state index contributed by atoms with van der Waals surface area (Å²) in [5.41, 5.74) is 7.72. The first-order valence-electron chi connectivity index (χ1n) is 7.86. The van der Waals surface area contributed by atoms with Crippen molar-refractivity contribution in [3.05, 3.63) is 63.4 Å². The Kier molecular flexibility index (Phi) is 5.29. The van der Waals surface area contributed by atoms with E-state index in [1.807, 2.05) is 6.92 Å². The van der Waals surface area contributed by atoms with Crippen molar-refractivity contribution in [2.45, 2.75) is 19.4 Å². The molecule has 1 aliphatic rings. The molecule has 0 saturated heterocycles. The fraction of sp³-hybridized carbons (Fsp3) is 0.235. The van der Waals surface area contributed by atoms with E-state index in [-0.39, 0.29) is 22.9 Å². The third kappa shape index (κ3) is 3.59. The first kappa shape index (κ1) is 18.4. The Morgan fingerprint density at radius 2 is 2.04 bits per heavy atom. The first-order chi connectivity index (χ1) is 12.4. The SMILES string of the molecule is CC1C(N)=C(Nc2ncc(F)cn2)CCN1C(=O)c1cccc(Cl)c1Cl. The van der Waals surface area contributed by atoms with Gasteiger partial charge in [-0.05, 0) is 19.1 Å². The van der Waals surface area contributed by atoms with Crippen molar-refractivity contribution in [1.82, 2.24) is 14.9 Å². The number of rotatable bonds is 3. The number of nitrogens with one attached hydrogen (secondary N) is 1. The average Bonchev–Trinajstić information content (AvgIpc) is 2.63. The molecule has 3 rings (SSSR count). The highest BCUT2D eigenvalue weighted by atomic mass is 35.5. The average molecular weight is 396 g/mol. The quantitative estimate of drug-likeness (QED) is 0.831. The van der Waals surface area contributed by atoms with Crippen molar-refractivity contribution in [1.29, 1.82) is 0 Å². The van der Waals surface area contributed by atoms with Gasteiger partial charge >= 0.3 is 0 Å². The molecular weight excluding hydrogens is 380 g/mol. The van der Waals surface area contributed by atoms with Gasteiger partial charge in [0.15, 0.2) is 5.82 Å². The monoisotopic (exact) mass is 395 g/mol. The van der Waals surface area contributed by atoms with Crippen LogP contribution in [0, 0.1) is 5.82 Å². The van der Waals surface area contributed by atoms with Crippen LogP contribution < -0.4 is 11.1 Å². The molecule has 2 heterocycles. The van der Waals surface area contributed by atoms with Gasteiger partial charge in [-0.25, -0.2) is 14.4 Å². The highest BCUT2D eigenvalue weighted by molar-refractivity contribution is 6.43. The van der Waals surface area contributed by atoms with Crippen LogP contribution in [-0.4, -0.2) is 33.4 Å². The molecule has 0 aliphatic carbocycles. The summed E-state index contributed by atoms with van der Waals surface area (Å²) in [6.45, 7) is 2.24. The molecule has 0 bridgehead atoms. The van der Waals surface area contributed by atoms with Gasteiger partial charge in [-0.2, -0.15) is 0 Å². The number of amides is 1. The molecular formula is C17H16Cl2FN5O. The van der Waals surface area contributed by atoms with Crippen LogP contribution in [-0.2, 0) is 0 Å². The zero-order chi connectivity index (χ0) is 18.8. The zero-order valence-electron chi connectivity index (χ0n) is 13.8. The van der Waals surface area contributed by atoms with Gasteiger partial charge < -0.3 is 16.0 Å². The van der Waals surface area contributed by atoms with Crippen LogP contribution in [0.15, 0.2) is 42.0 Å². The van der Waals surface area contributed by atoms with E-state index in [9.17, 15) is 9.18 Å². The smallest absolute Gasteiger partial charge is 0.255 e. The third-order valence-corrected chi connectivity index (χ3v) is 5.01. The van der Waals surface area contributed by atoms with Crippen LogP contribution in [0.1, 0.15) is 23.7 Å². The lowest BCUT2D eigenvalue weighted by Crippen LogP contribution is -2.46. The Morgan fingerprint density at radius 1 is 1.35 bits per heavy atom. The number of nitrogens with two attached hydrogens (primary N) is 1. The summed E-state index contributed by atoms with van der Waals surface area (Å²) in [7, 11) is 0. The van der Waals surface area contributed by atoms with Crippen LogP contribution in [0.2, 0.25) is 10.0 Å². The maximum Gasteiger partial charge on any atom is 0.255 e. The summed E-state index contributed by atoms with van der Waals surface area (Å²) in [5.74, 6) is -0.524. The summed E-state index contributed by atoms with van der Waals surface area (Å²) in [5, 5.41) is 3.53. The number of halogens is 3. The van der Waals surface area contributed by atoms with Crippen molar-refractivity contribution in [2.75, 3.05) is 11.9 Å². The Labute approximate surface area is 159 Å². The minimum Gasteiger partial charge on any atom is -0.399 e. The number of carbonyl (C=O) groups is 1.